The summed E-state index contributed by atoms with van der Waals surface area (Å²) in [5.41, 5.74) is 2.40. The van der Waals surface area contributed by atoms with Crippen LogP contribution in [0.5, 0.6) is 0 Å². The molecule has 0 aromatic heterocycles. The van der Waals surface area contributed by atoms with E-state index in [1.165, 1.54) is 18.4 Å². The van der Waals surface area contributed by atoms with Gasteiger partial charge in [0.1, 0.15) is 11.0 Å². The van der Waals surface area contributed by atoms with E-state index in [0.717, 1.165) is 10.0 Å². The van der Waals surface area contributed by atoms with Gasteiger partial charge in [0.25, 0.3) is 0 Å². The summed E-state index contributed by atoms with van der Waals surface area (Å²) in [7, 11) is -1.20. The van der Waals surface area contributed by atoms with E-state index in [2.05, 4.69) is 32.5 Å². The highest BCUT2D eigenvalue weighted by Crippen LogP contribution is 2.42. The zero-order chi connectivity index (χ0) is 13.3. The van der Waals surface area contributed by atoms with Gasteiger partial charge in [-0.1, -0.05) is 28.1 Å². The first-order valence-corrected chi connectivity index (χ1v) is 8.04. The van der Waals surface area contributed by atoms with E-state index in [9.17, 15) is 4.21 Å². The summed E-state index contributed by atoms with van der Waals surface area (Å²) in [5, 5.41) is 0. The second-order valence-corrected chi connectivity index (χ2v) is 8.40. The van der Waals surface area contributed by atoms with E-state index < -0.39 is 11.0 Å². The Kier molecular flexibility index (Phi) is 4.07. The Labute approximate surface area is 120 Å². The van der Waals surface area contributed by atoms with Crippen molar-refractivity contribution in [2.45, 2.75) is 44.3 Å². The van der Waals surface area contributed by atoms with E-state index in [0.29, 0.717) is 5.92 Å². The lowest BCUT2D eigenvalue weighted by Crippen LogP contribution is -2.19. The minimum atomic E-state index is -1.20. The summed E-state index contributed by atoms with van der Waals surface area (Å²) in [6.45, 7) is 5.80. The van der Waals surface area contributed by atoms with Crippen molar-refractivity contribution in [2.24, 2.45) is 4.40 Å². The summed E-state index contributed by atoms with van der Waals surface area (Å²) >= 11 is 3.55. The lowest BCUT2D eigenvalue weighted by Gasteiger charge is -2.13. The first kappa shape index (κ1) is 13.9. The molecular weight excluding hydrogens is 310 g/mol. The van der Waals surface area contributed by atoms with E-state index >= 15 is 0 Å². The molecule has 2 rings (SSSR count). The topological polar surface area (TPSA) is 29.4 Å². The molecule has 1 fully saturated rings. The standard InChI is InChI=1S/C14H18BrNOS/c1-14(2,3)18(17)16-9-12-11(10-7-8-10)5-4-6-13(12)15/h4-6,9-10H,7-8H2,1-3H3/b16-9+/t18-/m0/s1. The fourth-order valence-electron chi connectivity index (χ4n) is 1.70. The van der Waals surface area contributed by atoms with Crippen LogP contribution in [0.1, 0.15) is 50.7 Å². The first-order valence-electron chi connectivity index (χ1n) is 6.14. The highest BCUT2D eigenvalue weighted by Gasteiger charge is 2.26. The maximum atomic E-state index is 11.9. The molecule has 1 atom stereocenters. The SMILES string of the molecule is CC(C)(C)[S@](=O)/N=C/c1c(Br)cccc1C1CC1. The fourth-order valence-corrected chi connectivity index (χ4v) is 2.70. The third kappa shape index (κ3) is 3.29. The number of hydrogen-bond donors (Lipinski definition) is 0. The van der Waals surface area contributed by atoms with Crippen LogP contribution < -0.4 is 0 Å². The minimum absolute atomic E-state index is 0.308. The monoisotopic (exact) mass is 327 g/mol. The third-order valence-corrected chi connectivity index (χ3v) is 4.94. The van der Waals surface area contributed by atoms with Crippen LogP contribution in [0.25, 0.3) is 0 Å². The molecule has 0 unspecified atom stereocenters. The molecule has 0 N–H and O–H groups in total. The Morgan fingerprint density at radius 2 is 2.06 bits per heavy atom. The minimum Gasteiger partial charge on any atom is -0.234 e. The highest BCUT2D eigenvalue weighted by atomic mass is 79.9. The van der Waals surface area contributed by atoms with Crippen LogP contribution in [-0.2, 0) is 11.0 Å². The Hall–Kier alpha value is -0.480. The summed E-state index contributed by atoms with van der Waals surface area (Å²) in [6.07, 6.45) is 4.26. The molecule has 0 bridgehead atoms. The molecule has 98 valence electrons. The average molecular weight is 328 g/mol. The summed E-state index contributed by atoms with van der Waals surface area (Å²) < 4.78 is 16.9. The molecule has 1 aliphatic rings. The van der Waals surface area contributed by atoms with Gasteiger partial charge in [0.05, 0.1) is 4.75 Å². The molecule has 0 saturated heterocycles. The maximum Gasteiger partial charge on any atom is 0.144 e. The van der Waals surface area contributed by atoms with Crippen LogP contribution in [0.4, 0.5) is 0 Å². The zero-order valence-electron chi connectivity index (χ0n) is 10.9. The van der Waals surface area contributed by atoms with Gasteiger partial charge in [0.2, 0.25) is 0 Å². The Morgan fingerprint density at radius 1 is 1.39 bits per heavy atom. The smallest absolute Gasteiger partial charge is 0.144 e. The predicted molar refractivity (Wildman–Crippen MR) is 81.6 cm³/mol. The number of rotatable bonds is 3. The van der Waals surface area contributed by atoms with Gasteiger partial charge in [-0.15, -0.1) is 0 Å². The van der Waals surface area contributed by atoms with Crippen LogP contribution in [0, 0.1) is 0 Å². The van der Waals surface area contributed by atoms with Gasteiger partial charge in [-0.2, -0.15) is 4.40 Å². The van der Waals surface area contributed by atoms with Crippen molar-refractivity contribution < 1.29 is 4.21 Å². The molecule has 1 aromatic carbocycles. The fraction of sp³-hybridized carbons (Fsp3) is 0.500. The Bertz CT molecular complexity index is 501. The highest BCUT2D eigenvalue weighted by molar-refractivity contribution is 9.10. The number of hydrogen-bond acceptors (Lipinski definition) is 1. The first-order chi connectivity index (χ1) is 8.39. The van der Waals surface area contributed by atoms with Gasteiger partial charge in [-0.3, -0.25) is 0 Å². The number of benzene rings is 1. The second kappa shape index (κ2) is 5.25. The molecule has 0 heterocycles. The molecule has 4 heteroatoms. The van der Waals surface area contributed by atoms with E-state index in [-0.39, 0.29) is 4.75 Å². The van der Waals surface area contributed by atoms with Crippen molar-refractivity contribution in [1.29, 1.82) is 0 Å². The van der Waals surface area contributed by atoms with Crippen LogP contribution in [0.3, 0.4) is 0 Å². The van der Waals surface area contributed by atoms with E-state index in [4.69, 9.17) is 0 Å². The van der Waals surface area contributed by atoms with Crippen molar-refractivity contribution in [2.75, 3.05) is 0 Å². The van der Waals surface area contributed by atoms with Crippen molar-refractivity contribution in [3.63, 3.8) is 0 Å². The van der Waals surface area contributed by atoms with Gasteiger partial charge in [0, 0.05) is 16.3 Å². The predicted octanol–water partition coefficient (Wildman–Crippen LogP) is 4.21. The molecule has 0 spiro atoms. The quantitative estimate of drug-likeness (QED) is 0.765. The number of halogens is 1. The molecule has 1 aliphatic carbocycles. The van der Waals surface area contributed by atoms with Crippen molar-refractivity contribution in [3.8, 4) is 0 Å². The lowest BCUT2D eigenvalue weighted by molar-refractivity contribution is 0.651. The van der Waals surface area contributed by atoms with Crippen molar-refractivity contribution in [3.05, 3.63) is 33.8 Å². The van der Waals surface area contributed by atoms with Gasteiger partial charge >= 0.3 is 0 Å². The Morgan fingerprint density at radius 3 is 2.61 bits per heavy atom. The summed E-state index contributed by atoms with van der Waals surface area (Å²) in [5.74, 6) is 0.659. The average Bonchev–Trinajstić information content (AvgIpc) is 3.09. The van der Waals surface area contributed by atoms with Gasteiger partial charge in [-0.05, 0) is 51.2 Å². The molecule has 18 heavy (non-hydrogen) atoms. The van der Waals surface area contributed by atoms with Gasteiger partial charge in [0.15, 0.2) is 0 Å². The molecule has 1 saturated carbocycles. The Balaban J connectivity index is 2.28. The van der Waals surface area contributed by atoms with Crippen molar-refractivity contribution in [1.82, 2.24) is 0 Å². The van der Waals surface area contributed by atoms with Crippen LogP contribution in [0.2, 0.25) is 0 Å². The summed E-state index contributed by atoms with van der Waals surface area (Å²) in [4.78, 5) is 0. The maximum absolute atomic E-state index is 11.9. The van der Waals surface area contributed by atoms with E-state index in [1.807, 2.05) is 26.8 Å². The molecule has 1 aromatic rings. The van der Waals surface area contributed by atoms with Crippen molar-refractivity contribution >= 4 is 33.1 Å². The lowest BCUT2D eigenvalue weighted by atomic mass is 10.0. The van der Waals surface area contributed by atoms with Gasteiger partial charge in [-0.25, -0.2) is 4.21 Å². The molecule has 2 nitrogen and oxygen atoms in total. The second-order valence-electron chi connectivity index (χ2n) is 5.61. The van der Waals surface area contributed by atoms with Crippen LogP contribution in [0.15, 0.2) is 27.1 Å². The largest absolute Gasteiger partial charge is 0.234 e. The molecular formula is C14H18BrNOS. The van der Waals surface area contributed by atoms with Crippen LogP contribution in [-0.4, -0.2) is 15.2 Å². The molecule has 0 amide bonds. The van der Waals surface area contributed by atoms with Crippen LogP contribution >= 0.6 is 15.9 Å². The molecule has 0 aliphatic heterocycles. The normalized spacial score (nSPS) is 18.2. The van der Waals surface area contributed by atoms with E-state index in [1.54, 1.807) is 6.21 Å². The summed E-state index contributed by atoms with van der Waals surface area (Å²) in [6, 6.07) is 6.20. The number of nitrogens with zero attached hydrogens (tertiary/aromatic N) is 1. The van der Waals surface area contributed by atoms with Gasteiger partial charge < -0.3 is 0 Å². The third-order valence-electron chi connectivity index (χ3n) is 2.91. The molecule has 0 radical (unpaired) electrons. The zero-order valence-corrected chi connectivity index (χ0v) is 13.3.